The van der Waals surface area contributed by atoms with Crippen molar-refractivity contribution in [1.82, 2.24) is 5.32 Å². The van der Waals surface area contributed by atoms with Crippen molar-refractivity contribution in [2.75, 3.05) is 26.9 Å². The number of methoxy groups -OCH3 is 1. The van der Waals surface area contributed by atoms with Gasteiger partial charge in [-0.3, -0.25) is 5.32 Å². The molecule has 4 heteroatoms. The van der Waals surface area contributed by atoms with Gasteiger partial charge in [0.2, 0.25) is 0 Å². The van der Waals surface area contributed by atoms with Crippen molar-refractivity contribution in [3.63, 3.8) is 0 Å². The van der Waals surface area contributed by atoms with Gasteiger partial charge in [0.25, 0.3) is 0 Å². The second kappa shape index (κ2) is 9.30. The van der Waals surface area contributed by atoms with Gasteiger partial charge in [-0.05, 0) is 46.1 Å². The number of nitriles is 1. The Morgan fingerprint density at radius 1 is 1.16 bits per heavy atom. The molecule has 0 aromatic carbocycles. The highest BCUT2D eigenvalue weighted by Crippen LogP contribution is 2.17. The molecule has 0 bridgehead atoms. The monoisotopic (exact) mass is 270 g/mol. The number of rotatable bonds is 11. The van der Waals surface area contributed by atoms with Crippen LogP contribution in [-0.4, -0.2) is 38.0 Å². The zero-order valence-corrected chi connectivity index (χ0v) is 13.2. The topological polar surface area (TPSA) is 54.3 Å². The van der Waals surface area contributed by atoms with Crippen molar-refractivity contribution in [3.05, 3.63) is 0 Å². The van der Waals surface area contributed by atoms with Crippen LogP contribution in [0.2, 0.25) is 0 Å². The highest BCUT2D eigenvalue weighted by Gasteiger charge is 2.25. The zero-order valence-electron chi connectivity index (χ0n) is 13.2. The molecular weight excluding hydrogens is 240 g/mol. The molecule has 0 spiro atoms. The van der Waals surface area contributed by atoms with Crippen LogP contribution >= 0.6 is 0 Å². The highest BCUT2D eigenvalue weighted by molar-refractivity contribution is 5.05. The van der Waals surface area contributed by atoms with E-state index in [1.807, 2.05) is 13.8 Å². The predicted molar refractivity (Wildman–Crippen MR) is 78.1 cm³/mol. The normalized spacial score (nSPS) is 14.9. The van der Waals surface area contributed by atoms with Crippen LogP contribution in [0.3, 0.4) is 0 Å². The van der Waals surface area contributed by atoms with E-state index in [9.17, 15) is 5.26 Å². The van der Waals surface area contributed by atoms with Crippen molar-refractivity contribution in [2.24, 2.45) is 0 Å². The van der Waals surface area contributed by atoms with Crippen LogP contribution in [-0.2, 0) is 9.47 Å². The predicted octanol–water partition coefficient (Wildman–Crippen LogP) is 2.88. The summed E-state index contributed by atoms with van der Waals surface area (Å²) in [5.74, 6) is 0. The third-order valence-corrected chi connectivity index (χ3v) is 3.63. The van der Waals surface area contributed by atoms with Crippen LogP contribution in [0.15, 0.2) is 0 Å². The van der Waals surface area contributed by atoms with Crippen LogP contribution < -0.4 is 5.32 Å². The van der Waals surface area contributed by atoms with Gasteiger partial charge in [-0.2, -0.15) is 5.26 Å². The molecule has 19 heavy (non-hydrogen) atoms. The van der Waals surface area contributed by atoms with Crippen LogP contribution in [0.4, 0.5) is 0 Å². The SMILES string of the molecule is CCNC(C#N)(CC)CCCOCCC(C)(C)OC. The van der Waals surface area contributed by atoms with E-state index in [-0.39, 0.29) is 11.1 Å². The molecule has 0 amide bonds. The van der Waals surface area contributed by atoms with Gasteiger partial charge in [0.15, 0.2) is 0 Å². The molecule has 1 N–H and O–H groups in total. The minimum Gasteiger partial charge on any atom is -0.381 e. The van der Waals surface area contributed by atoms with Crippen molar-refractivity contribution in [2.45, 2.75) is 64.5 Å². The lowest BCUT2D eigenvalue weighted by atomic mass is 9.92. The molecule has 0 aliphatic rings. The molecule has 0 heterocycles. The summed E-state index contributed by atoms with van der Waals surface area (Å²) in [4.78, 5) is 0. The summed E-state index contributed by atoms with van der Waals surface area (Å²) in [5.41, 5.74) is -0.506. The van der Waals surface area contributed by atoms with Gasteiger partial charge in [-0.15, -0.1) is 0 Å². The second-order valence-corrected chi connectivity index (χ2v) is 5.51. The Labute approximate surface area is 118 Å². The van der Waals surface area contributed by atoms with E-state index >= 15 is 0 Å². The first-order valence-electron chi connectivity index (χ1n) is 7.24. The fourth-order valence-electron chi connectivity index (χ4n) is 1.90. The lowest BCUT2D eigenvalue weighted by Gasteiger charge is -2.26. The summed E-state index contributed by atoms with van der Waals surface area (Å²) in [6.45, 7) is 10.4. The molecule has 0 fully saturated rings. The molecule has 112 valence electrons. The molecule has 0 aromatic heterocycles. The third kappa shape index (κ3) is 7.51. The first-order valence-corrected chi connectivity index (χ1v) is 7.24. The first kappa shape index (κ1) is 18.4. The summed E-state index contributed by atoms with van der Waals surface area (Å²) in [5, 5.41) is 12.6. The summed E-state index contributed by atoms with van der Waals surface area (Å²) < 4.78 is 10.9. The Morgan fingerprint density at radius 3 is 2.32 bits per heavy atom. The van der Waals surface area contributed by atoms with Gasteiger partial charge in [-0.25, -0.2) is 0 Å². The third-order valence-electron chi connectivity index (χ3n) is 3.63. The molecule has 0 aromatic rings. The quantitative estimate of drug-likeness (QED) is 0.587. The van der Waals surface area contributed by atoms with Gasteiger partial charge in [-0.1, -0.05) is 13.8 Å². The Morgan fingerprint density at radius 2 is 1.84 bits per heavy atom. The molecule has 0 radical (unpaired) electrons. The van der Waals surface area contributed by atoms with E-state index in [0.29, 0.717) is 13.2 Å². The number of nitrogens with one attached hydrogen (secondary N) is 1. The molecule has 0 saturated carbocycles. The maximum absolute atomic E-state index is 9.28. The number of hydrogen-bond donors (Lipinski definition) is 1. The van der Waals surface area contributed by atoms with E-state index in [4.69, 9.17) is 9.47 Å². The van der Waals surface area contributed by atoms with E-state index < -0.39 is 0 Å². The molecule has 0 aliphatic carbocycles. The Bertz CT molecular complexity index is 274. The summed E-state index contributed by atoms with van der Waals surface area (Å²) in [6, 6.07) is 2.40. The van der Waals surface area contributed by atoms with Gasteiger partial charge in [0.05, 0.1) is 11.7 Å². The van der Waals surface area contributed by atoms with E-state index in [1.54, 1.807) is 7.11 Å². The lowest BCUT2D eigenvalue weighted by Crippen LogP contribution is -2.43. The minimum absolute atomic E-state index is 0.121. The van der Waals surface area contributed by atoms with Gasteiger partial charge >= 0.3 is 0 Å². The number of hydrogen-bond acceptors (Lipinski definition) is 4. The Kier molecular flexibility index (Phi) is 8.99. The number of ether oxygens (including phenoxy) is 2. The number of nitrogens with zero attached hydrogens (tertiary/aromatic N) is 1. The average Bonchev–Trinajstić information content (AvgIpc) is 2.41. The van der Waals surface area contributed by atoms with Crippen LogP contribution in [0.25, 0.3) is 0 Å². The zero-order chi connectivity index (χ0) is 14.8. The van der Waals surface area contributed by atoms with Crippen LogP contribution in [0.5, 0.6) is 0 Å². The maximum Gasteiger partial charge on any atom is 0.106 e. The summed E-state index contributed by atoms with van der Waals surface area (Å²) >= 11 is 0. The molecule has 0 saturated heterocycles. The fourth-order valence-corrected chi connectivity index (χ4v) is 1.90. The second-order valence-electron chi connectivity index (χ2n) is 5.51. The van der Waals surface area contributed by atoms with E-state index in [2.05, 4.69) is 25.2 Å². The summed E-state index contributed by atoms with van der Waals surface area (Å²) in [7, 11) is 1.72. The van der Waals surface area contributed by atoms with Crippen molar-refractivity contribution in [1.29, 1.82) is 5.26 Å². The van der Waals surface area contributed by atoms with Crippen molar-refractivity contribution >= 4 is 0 Å². The molecule has 1 unspecified atom stereocenters. The average molecular weight is 270 g/mol. The highest BCUT2D eigenvalue weighted by atomic mass is 16.5. The van der Waals surface area contributed by atoms with Gasteiger partial charge in [0.1, 0.15) is 5.54 Å². The van der Waals surface area contributed by atoms with Crippen LogP contribution in [0, 0.1) is 11.3 Å². The van der Waals surface area contributed by atoms with Gasteiger partial charge in [0, 0.05) is 20.3 Å². The molecule has 0 aliphatic heterocycles. The minimum atomic E-state index is -0.385. The van der Waals surface area contributed by atoms with Gasteiger partial charge < -0.3 is 9.47 Å². The smallest absolute Gasteiger partial charge is 0.106 e. The van der Waals surface area contributed by atoms with E-state index in [0.717, 1.165) is 32.2 Å². The first-order chi connectivity index (χ1) is 8.95. The maximum atomic E-state index is 9.28. The largest absolute Gasteiger partial charge is 0.381 e. The molecule has 0 rings (SSSR count). The standard InChI is InChI=1S/C15H30N2O2/c1-6-15(13-16,17-7-2)9-8-11-19-12-10-14(3,4)18-5/h17H,6-12H2,1-5H3. The lowest BCUT2D eigenvalue weighted by molar-refractivity contribution is -0.0105. The Balaban J connectivity index is 3.82. The molecule has 4 nitrogen and oxygen atoms in total. The fraction of sp³-hybridized carbons (Fsp3) is 0.933. The van der Waals surface area contributed by atoms with Crippen LogP contribution in [0.1, 0.15) is 53.4 Å². The van der Waals surface area contributed by atoms with Crippen molar-refractivity contribution in [3.8, 4) is 6.07 Å². The molecule has 1 atom stereocenters. The Hall–Kier alpha value is -0.630. The van der Waals surface area contributed by atoms with Crippen molar-refractivity contribution < 1.29 is 9.47 Å². The molecular formula is C15H30N2O2. The summed E-state index contributed by atoms with van der Waals surface area (Å²) in [6.07, 6.45) is 3.45. The van der Waals surface area contributed by atoms with E-state index in [1.165, 1.54) is 0 Å².